The van der Waals surface area contributed by atoms with Gasteiger partial charge in [0.25, 0.3) is 5.91 Å². The first-order chi connectivity index (χ1) is 23.0. The molecule has 8 atom stereocenters. The van der Waals surface area contributed by atoms with Crippen molar-refractivity contribution in [1.82, 2.24) is 10.0 Å². The van der Waals surface area contributed by atoms with Crippen molar-refractivity contribution in [3.05, 3.63) is 70.3 Å². The first-order valence-electron chi connectivity index (χ1n) is 17.4. The lowest BCUT2D eigenvalue weighted by Crippen LogP contribution is -2.49. The summed E-state index contributed by atoms with van der Waals surface area (Å²) in [5, 5.41) is 3.62. The van der Waals surface area contributed by atoms with Gasteiger partial charge in [0.05, 0.1) is 24.2 Å². The van der Waals surface area contributed by atoms with E-state index < -0.39 is 21.9 Å². The molecule has 5 aliphatic rings. The van der Waals surface area contributed by atoms with Gasteiger partial charge in [0, 0.05) is 42.2 Å². The Bertz CT molecular complexity index is 1740. The average Bonchev–Trinajstić information content (AvgIpc) is 3.75. The molecule has 0 aromatic heterocycles. The molecule has 0 unspecified atom stereocenters. The van der Waals surface area contributed by atoms with E-state index in [-0.39, 0.29) is 29.2 Å². The minimum absolute atomic E-state index is 0.0375. The molecule has 9 nitrogen and oxygen atoms in total. The molecule has 2 heterocycles. The van der Waals surface area contributed by atoms with Crippen LogP contribution in [0.25, 0.3) is 0 Å². The normalized spacial score (nSPS) is 35.1. The molecule has 0 radical (unpaired) electrons. The molecule has 2 aliphatic heterocycles. The number of aryl methyl sites for hydroxylation is 1. The lowest BCUT2D eigenvalue weighted by atomic mass is 9.68. The average molecular weight is 695 g/mol. The highest BCUT2D eigenvalue weighted by Gasteiger charge is 2.44. The molecule has 2 saturated carbocycles. The Balaban J connectivity index is 1.28. The van der Waals surface area contributed by atoms with Crippen LogP contribution in [0.4, 0.5) is 10.5 Å². The van der Waals surface area contributed by atoms with Crippen molar-refractivity contribution in [3.63, 3.8) is 0 Å². The van der Waals surface area contributed by atoms with Crippen LogP contribution in [0, 0.1) is 23.7 Å². The number of fused-ring (bicyclic) bond motifs is 4. The monoisotopic (exact) mass is 694 g/mol. The number of allylic oxidation sites excluding steroid dienone is 1. The highest BCUT2D eigenvalue weighted by atomic mass is 35.5. The number of benzene rings is 2. The van der Waals surface area contributed by atoms with Gasteiger partial charge in [-0.3, -0.25) is 9.52 Å². The topological polar surface area (TPSA) is 109 Å². The van der Waals surface area contributed by atoms with E-state index in [0.717, 1.165) is 68.1 Å². The molecule has 11 heteroatoms. The summed E-state index contributed by atoms with van der Waals surface area (Å²) in [5.41, 5.74) is 3.47. The molecule has 2 aromatic rings. The Morgan fingerprint density at radius 3 is 2.77 bits per heavy atom. The second kappa shape index (κ2) is 13.3. The van der Waals surface area contributed by atoms with Crippen LogP contribution in [-0.4, -0.2) is 60.9 Å². The van der Waals surface area contributed by atoms with Gasteiger partial charge < -0.3 is 19.7 Å². The SMILES string of the molecule is CO[C@H]1/C=C/C[C@H](C)C[S@@](=O)(NC(=O)N[C@H]2C[C@@H]2C)=NC(=O)c2ccc3c(c2)N(C[C@@H]2CC[C@H]21)C[C@@]1(CCCc2cc(Cl)ccc21)CO3. The van der Waals surface area contributed by atoms with Crippen LogP contribution in [0.3, 0.4) is 0 Å². The third-order valence-electron chi connectivity index (χ3n) is 11.2. The van der Waals surface area contributed by atoms with Crippen molar-refractivity contribution in [3.8, 4) is 5.75 Å². The summed E-state index contributed by atoms with van der Waals surface area (Å²) in [4.78, 5) is 29.2. The number of urea groups is 1. The molecule has 2 fully saturated rings. The summed E-state index contributed by atoms with van der Waals surface area (Å²) in [6, 6.07) is 11.1. The first-order valence-corrected chi connectivity index (χ1v) is 19.5. The van der Waals surface area contributed by atoms with Crippen molar-refractivity contribution in [2.24, 2.45) is 28.0 Å². The molecule has 48 heavy (non-hydrogen) atoms. The van der Waals surface area contributed by atoms with Crippen LogP contribution in [-0.2, 0) is 26.5 Å². The molecule has 0 saturated heterocycles. The number of ether oxygens (including phenoxy) is 2. The molecule has 2 N–H and O–H groups in total. The number of amides is 3. The number of rotatable bonds is 3. The third-order valence-corrected chi connectivity index (χ3v) is 13.4. The van der Waals surface area contributed by atoms with Gasteiger partial charge in [0.2, 0.25) is 0 Å². The number of hydrogen-bond donors (Lipinski definition) is 2. The second-order valence-electron chi connectivity index (χ2n) is 14.9. The van der Waals surface area contributed by atoms with Gasteiger partial charge >= 0.3 is 6.03 Å². The summed E-state index contributed by atoms with van der Waals surface area (Å²) in [7, 11) is -1.66. The number of hydrogen-bond acceptors (Lipinski definition) is 6. The zero-order valence-electron chi connectivity index (χ0n) is 28.1. The Hall–Kier alpha value is -3.08. The molecular weight excluding hydrogens is 648 g/mol. The molecule has 2 aromatic carbocycles. The number of carbonyl (C=O) groups is 2. The standard InChI is InChI=1S/C37H47ClN4O5S/c1-23-6-4-8-33(46-3)29-12-9-27(29)19-42-21-37(15-5-7-25-17-28(38)11-13-30(25)37)22-47-34-14-10-26(18-32(34)42)35(43)40-48(45,20-23)41-36(44)39-31-16-24(31)2/h4,8,10-11,13-14,17-18,23-24,27,29,31,33H,5-7,9,12,15-16,19-22H2,1-3H3,(H2,39,40,41,43,44,45)/b8-4+/t23-,24-,27-,29+,31-,33-,37-,48-/m0/s1. The minimum Gasteiger partial charge on any atom is -0.490 e. The third kappa shape index (κ3) is 6.85. The first kappa shape index (κ1) is 33.4. The quantitative estimate of drug-likeness (QED) is 0.347. The van der Waals surface area contributed by atoms with Crippen LogP contribution in [0.2, 0.25) is 5.02 Å². The van der Waals surface area contributed by atoms with Crippen LogP contribution < -0.4 is 19.7 Å². The highest BCUT2D eigenvalue weighted by molar-refractivity contribution is 7.92. The maximum Gasteiger partial charge on any atom is 0.327 e. The fourth-order valence-electron chi connectivity index (χ4n) is 8.23. The van der Waals surface area contributed by atoms with Gasteiger partial charge in [-0.15, -0.1) is 4.36 Å². The van der Waals surface area contributed by atoms with Gasteiger partial charge in [-0.1, -0.05) is 43.7 Å². The van der Waals surface area contributed by atoms with E-state index in [9.17, 15) is 13.8 Å². The van der Waals surface area contributed by atoms with E-state index in [1.807, 2.05) is 32.0 Å². The summed E-state index contributed by atoms with van der Waals surface area (Å²) in [6.45, 7) is 6.06. The van der Waals surface area contributed by atoms with Crippen molar-refractivity contribution in [2.45, 2.75) is 76.4 Å². The fourth-order valence-corrected chi connectivity index (χ4v) is 10.3. The van der Waals surface area contributed by atoms with Crippen LogP contribution in [0.15, 0.2) is 52.9 Å². The number of carbonyl (C=O) groups excluding carboxylic acids is 2. The van der Waals surface area contributed by atoms with Crippen molar-refractivity contribution < 1.29 is 23.3 Å². The van der Waals surface area contributed by atoms with E-state index in [0.29, 0.717) is 36.3 Å². The smallest absolute Gasteiger partial charge is 0.327 e. The van der Waals surface area contributed by atoms with Gasteiger partial charge in [-0.05, 0) is 110 Å². The summed E-state index contributed by atoms with van der Waals surface area (Å²) < 4.78 is 33.8. The summed E-state index contributed by atoms with van der Waals surface area (Å²) in [5.74, 6) is 1.18. The van der Waals surface area contributed by atoms with Gasteiger partial charge in [0.15, 0.2) is 0 Å². The molecule has 7 rings (SSSR count). The van der Waals surface area contributed by atoms with Crippen molar-refractivity contribution in [2.75, 3.05) is 37.5 Å². The largest absolute Gasteiger partial charge is 0.490 e. The molecular formula is C37H47ClN4O5S. The molecule has 258 valence electrons. The molecule has 1 spiro atoms. The van der Waals surface area contributed by atoms with Gasteiger partial charge in [-0.2, -0.15) is 0 Å². The van der Waals surface area contributed by atoms with E-state index in [1.165, 1.54) is 11.1 Å². The maximum absolute atomic E-state index is 14.3. The number of halogens is 1. The van der Waals surface area contributed by atoms with Crippen molar-refractivity contribution >= 4 is 39.1 Å². The number of nitrogens with one attached hydrogen (secondary N) is 2. The number of methoxy groups -OCH3 is 1. The predicted molar refractivity (Wildman–Crippen MR) is 189 cm³/mol. The lowest BCUT2D eigenvalue weighted by molar-refractivity contribution is 0.0131. The van der Waals surface area contributed by atoms with E-state index >= 15 is 0 Å². The van der Waals surface area contributed by atoms with E-state index in [2.05, 4.69) is 43.6 Å². The van der Waals surface area contributed by atoms with Gasteiger partial charge in [-0.25, -0.2) is 9.00 Å². The summed E-state index contributed by atoms with van der Waals surface area (Å²) in [6.07, 6.45) is 10.9. The predicted octanol–water partition coefficient (Wildman–Crippen LogP) is 6.68. The lowest BCUT2D eigenvalue weighted by Gasteiger charge is -2.46. The van der Waals surface area contributed by atoms with E-state index in [1.54, 1.807) is 13.2 Å². The second-order valence-corrected chi connectivity index (χ2v) is 17.3. The van der Waals surface area contributed by atoms with Crippen LogP contribution in [0.5, 0.6) is 5.75 Å². The Labute approximate surface area is 289 Å². The number of nitrogens with zero attached hydrogens (tertiary/aromatic N) is 2. The van der Waals surface area contributed by atoms with Gasteiger partial charge in [0.1, 0.15) is 15.7 Å². The Morgan fingerprint density at radius 1 is 1.19 bits per heavy atom. The zero-order valence-corrected chi connectivity index (χ0v) is 29.7. The maximum atomic E-state index is 14.3. The van der Waals surface area contributed by atoms with Crippen molar-refractivity contribution in [1.29, 1.82) is 0 Å². The molecule has 2 bridgehead atoms. The molecule has 3 amide bonds. The summed E-state index contributed by atoms with van der Waals surface area (Å²) >= 11 is 6.44. The Morgan fingerprint density at radius 2 is 2.02 bits per heavy atom. The molecule has 3 aliphatic carbocycles. The zero-order chi connectivity index (χ0) is 33.6. The van der Waals surface area contributed by atoms with Crippen LogP contribution in [0.1, 0.15) is 73.9 Å². The number of anilines is 1. The van der Waals surface area contributed by atoms with Crippen LogP contribution >= 0.6 is 11.6 Å². The highest BCUT2D eigenvalue weighted by Crippen LogP contribution is 2.47. The van der Waals surface area contributed by atoms with E-state index in [4.69, 9.17) is 21.1 Å². The minimum atomic E-state index is -3.44. The fraction of sp³-hybridized carbons (Fsp3) is 0.568. The Kier molecular flexibility index (Phi) is 9.28.